The number of hydrogen-bond acceptors (Lipinski definition) is 5. The van der Waals surface area contributed by atoms with Crippen LogP contribution in [0.4, 0.5) is 11.4 Å². The molecule has 0 bridgehead atoms. The number of nitro benzene ring substituents is 1. The summed E-state index contributed by atoms with van der Waals surface area (Å²) in [6, 6.07) is 3.79. The lowest BCUT2D eigenvalue weighted by Gasteiger charge is -2.20. The number of hydrogen-bond donors (Lipinski definition) is 1. The van der Waals surface area contributed by atoms with Gasteiger partial charge in [0, 0.05) is 25.8 Å². The maximum Gasteiger partial charge on any atom is 0.271 e. The van der Waals surface area contributed by atoms with E-state index < -0.39 is 11.0 Å². The quantitative estimate of drug-likeness (QED) is 0.657. The van der Waals surface area contributed by atoms with Crippen molar-refractivity contribution >= 4 is 29.7 Å². The van der Waals surface area contributed by atoms with Gasteiger partial charge >= 0.3 is 0 Å². The number of methoxy groups -OCH3 is 1. The summed E-state index contributed by atoms with van der Waals surface area (Å²) in [5.74, 6) is -0.277. The molecule has 2 rings (SSSR count). The van der Waals surface area contributed by atoms with E-state index in [0.29, 0.717) is 18.7 Å². The molecular weight excluding hydrogens is 286 g/mol. The van der Waals surface area contributed by atoms with Gasteiger partial charge in [-0.1, -0.05) is 6.07 Å². The van der Waals surface area contributed by atoms with Crippen LogP contribution in [0.25, 0.3) is 0 Å². The molecule has 1 heterocycles. The Labute approximate surface area is 122 Å². The largest absolute Gasteiger partial charge is 0.383 e. The molecule has 1 aliphatic heterocycles. The standard InChI is InChI=1S/C12H15N3O4.ClH/c1-19-7-10(13)12(16)14-5-4-8-2-3-9(15(17)18)6-11(8)14;/h2-3,6,10H,4-5,7,13H2,1H3;1H. The van der Waals surface area contributed by atoms with E-state index >= 15 is 0 Å². The van der Waals surface area contributed by atoms with Crippen molar-refractivity contribution in [3.63, 3.8) is 0 Å². The first-order chi connectivity index (χ1) is 9.04. The summed E-state index contributed by atoms with van der Waals surface area (Å²) in [4.78, 5) is 23.9. The van der Waals surface area contributed by atoms with Crippen molar-refractivity contribution < 1.29 is 14.5 Å². The molecule has 1 aromatic carbocycles. The molecule has 1 amide bonds. The highest BCUT2D eigenvalue weighted by Crippen LogP contribution is 2.31. The molecule has 1 atom stereocenters. The SMILES string of the molecule is COCC(N)C(=O)N1CCc2ccc([N+](=O)[O-])cc21.Cl. The highest BCUT2D eigenvalue weighted by Gasteiger charge is 2.29. The van der Waals surface area contributed by atoms with Crippen molar-refractivity contribution in [2.24, 2.45) is 5.73 Å². The minimum Gasteiger partial charge on any atom is -0.383 e. The predicted octanol–water partition coefficient (Wildman–Crippen LogP) is 0.879. The molecule has 1 aliphatic rings. The number of halogens is 1. The number of amides is 1. The van der Waals surface area contributed by atoms with Crippen molar-refractivity contribution in [1.29, 1.82) is 0 Å². The first kappa shape index (κ1) is 16.4. The van der Waals surface area contributed by atoms with Gasteiger partial charge < -0.3 is 15.4 Å². The van der Waals surface area contributed by atoms with Crippen LogP contribution < -0.4 is 10.6 Å². The molecule has 0 aliphatic carbocycles. The molecule has 1 unspecified atom stereocenters. The molecule has 2 N–H and O–H groups in total. The molecule has 110 valence electrons. The third-order valence-electron chi connectivity index (χ3n) is 3.10. The second-order valence-electron chi connectivity index (χ2n) is 4.37. The number of nitrogens with zero attached hydrogens (tertiary/aromatic N) is 2. The van der Waals surface area contributed by atoms with Gasteiger partial charge in [0.2, 0.25) is 5.91 Å². The fourth-order valence-corrected chi connectivity index (χ4v) is 2.16. The van der Waals surface area contributed by atoms with Crippen molar-refractivity contribution in [2.75, 3.05) is 25.2 Å². The first-order valence-corrected chi connectivity index (χ1v) is 5.88. The Morgan fingerprint density at radius 1 is 1.60 bits per heavy atom. The van der Waals surface area contributed by atoms with Crippen LogP contribution in [0.5, 0.6) is 0 Å². The van der Waals surface area contributed by atoms with Gasteiger partial charge in [-0.3, -0.25) is 14.9 Å². The third kappa shape index (κ3) is 3.06. The molecular formula is C12H16ClN3O4. The molecule has 20 heavy (non-hydrogen) atoms. The highest BCUT2D eigenvalue weighted by molar-refractivity contribution is 5.99. The Bertz CT molecular complexity index is 523. The van der Waals surface area contributed by atoms with Gasteiger partial charge in [-0.15, -0.1) is 12.4 Å². The van der Waals surface area contributed by atoms with Gasteiger partial charge in [-0.05, 0) is 12.0 Å². The van der Waals surface area contributed by atoms with E-state index in [-0.39, 0.29) is 30.6 Å². The van der Waals surface area contributed by atoms with Crippen LogP contribution in [-0.4, -0.2) is 37.1 Å². The van der Waals surface area contributed by atoms with Crippen LogP contribution in [0.15, 0.2) is 18.2 Å². The number of rotatable bonds is 4. The van der Waals surface area contributed by atoms with Crippen molar-refractivity contribution in [3.05, 3.63) is 33.9 Å². The fourth-order valence-electron chi connectivity index (χ4n) is 2.16. The van der Waals surface area contributed by atoms with E-state index in [0.717, 1.165) is 5.56 Å². The zero-order valence-electron chi connectivity index (χ0n) is 10.9. The number of carbonyl (C=O) groups is 1. The Morgan fingerprint density at radius 2 is 2.30 bits per heavy atom. The number of nitro groups is 1. The van der Waals surface area contributed by atoms with Gasteiger partial charge in [-0.25, -0.2) is 0 Å². The summed E-state index contributed by atoms with van der Waals surface area (Å²) >= 11 is 0. The van der Waals surface area contributed by atoms with E-state index in [1.54, 1.807) is 6.07 Å². The Hall–Kier alpha value is -1.70. The van der Waals surface area contributed by atoms with E-state index in [1.165, 1.54) is 24.1 Å². The number of nitrogens with two attached hydrogens (primary N) is 1. The van der Waals surface area contributed by atoms with E-state index in [2.05, 4.69) is 0 Å². The molecule has 8 heteroatoms. The van der Waals surface area contributed by atoms with Gasteiger partial charge in [0.15, 0.2) is 0 Å². The number of benzene rings is 1. The molecule has 0 saturated heterocycles. The van der Waals surface area contributed by atoms with E-state index in [9.17, 15) is 14.9 Å². The number of ether oxygens (including phenoxy) is 1. The normalized spacial score (nSPS) is 14.4. The van der Waals surface area contributed by atoms with Gasteiger partial charge in [0.05, 0.1) is 17.2 Å². The molecule has 7 nitrogen and oxygen atoms in total. The van der Waals surface area contributed by atoms with Crippen LogP contribution in [-0.2, 0) is 16.0 Å². The second-order valence-corrected chi connectivity index (χ2v) is 4.37. The monoisotopic (exact) mass is 301 g/mol. The lowest BCUT2D eigenvalue weighted by atomic mass is 10.1. The number of fused-ring (bicyclic) bond motifs is 1. The Balaban J connectivity index is 0.00000200. The molecule has 0 spiro atoms. The summed E-state index contributed by atoms with van der Waals surface area (Å²) in [5, 5.41) is 10.8. The van der Waals surface area contributed by atoms with Gasteiger partial charge in [0.1, 0.15) is 6.04 Å². The van der Waals surface area contributed by atoms with Crippen LogP contribution in [0, 0.1) is 10.1 Å². The summed E-state index contributed by atoms with van der Waals surface area (Å²) < 4.78 is 4.85. The average molecular weight is 302 g/mol. The Morgan fingerprint density at radius 3 is 2.90 bits per heavy atom. The van der Waals surface area contributed by atoms with E-state index in [1.807, 2.05) is 0 Å². The average Bonchev–Trinajstić information content (AvgIpc) is 2.80. The topological polar surface area (TPSA) is 98.7 Å². The van der Waals surface area contributed by atoms with Crippen LogP contribution in [0.3, 0.4) is 0 Å². The van der Waals surface area contributed by atoms with Crippen molar-refractivity contribution in [2.45, 2.75) is 12.5 Å². The predicted molar refractivity (Wildman–Crippen MR) is 76.3 cm³/mol. The molecule has 0 saturated carbocycles. The first-order valence-electron chi connectivity index (χ1n) is 5.88. The maximum absolute atomic E-state index is 12.1. The molecule has 0 fully saturated rings. The third-order valence-corrected chi connectivity index (χ3v) is 3.10. The summed E-state index contributed by atoms with van der Waals surface area (Å²) in [6.45, 7) is 0.617. The minimum atomic E-state index is -0.754. The highest BCUT2D eigenvalue weighted by atomic mass is 35.5. The maximum atomic E-state index is 12.1. The Kier molecular flexibility index (Phi) is 5.43. The molecule has 1 aromatic rings. The van der Waals surface area contributed by atoms with Crippen molar-refractivity contribution in [3.8, 4) is 0 Å². The lowest BCUT2D eigenvalue weighted by molar-refractivity contribution is -0.384. The number of carbonyl (C=O) groups excluding carboxylic acids is 1. The minimum absolute atomic E-state index is 0. The van der Waals surface area contributed by atoms with Crippen LogP contribution in [0.1, 0.15) is 5.56 Å². The zero-order valence-corrected chi connectivity index (χ0v) is 11.8. The number of anilines is 1. The molecule has 0 aromatic heterocycles. The van der Waals surface area contributed by atoms with Gasteiger partial charge in [-0.2, -0.15) is 0 Å². The fraction of sp³-hybridized carbons (Fsp3) is 0.417. The van der Waals surface area contributed by atoms with Crippen LogP contribution in [0.2, 0.25) is 0 Å². The summed E-state index contributed by atoms with van der Waals surface area (Å²) in [6.07, 6.45) is 0.679. The second kappa shape index (κ2) is 6.65. The molecule has 0 radical (unpaired) electrons. The smallest absolute Gasteiger partial charge is 0.271 e. The van der Waals surface area contributed by atoms with Crippen LogP contribution >= 0.6 is 12.4 Å². The lowest BCUT2D eigenvalue weighted by Crippen LogP contribution is -2.45. The summed E-state index contributed by atoms with van der Waals surface area (Å²) in [7, 11) is 1.47. The zero-order chi connectivity index (χ0) is 14.0. The van der Waals surface area contributed by atoms with E-state index in [4.69, 9.17) is 10.5 Å². The summed E-state index contributed by atoms with van der Waals surface area (Å²) in [5.41, 5.74) is 7.18. The van der Waals surface area contributed by atoms with Gasteiger partial charge in [0.25, 0.3) is 5.69 Å². The van der Waals surface area contributed by atoms with Crippen molar-refractivity contribution in [1.82, 2.24) is 0 Å². The number of non-ortho nitro benzene ring substituents is 1.